The zero-order chi connectivity index (χ0) is 16.6. The van der Waals surface area contributed by atoms with Crippen LogP contribution in [0.4, 0.5) is 0 Å². The molecule has 0 N–H and O–H groups in total. The second kappa shape index (κ2) is 5.70. The molecule has 0 aliphatic carbocycles. The number of sulfone groups is 1. The predicted molar refractivity (Wildman–Crippen MR) is 83.4 cm³/mol. The minimum atomic E-state index is -3.65. The molecule has 0 aliphatic rings. The highest BCUT2D eigenvalue weighted by Crippen LogP contribution is 2.27. The van der Waals surface area contributed by atoms with Gasteiger partial charge < -0.3 is 0 Å². The molecule has 7 heteroatoms. The van der Waals surface area contributed by atoms with Crippen molar-refractivity contribution in [2.24, 2.45) is 5.41 Å². The zero-order valence-corrected chi connectivity index (χ0v) is 14.9. The van der Waals surface area contributed by atoms with Gasteiger partial charge in [-0.25, -0.2) is 16.8 Å². The van der Waals surface area contributed by atoms with E-state index in [1.165, 1.54) is 35.6 Å². The maximum atomic E-state index is 12.6. The van der Waals surface area contributed by atoms with Gasteiger partial charge in [-0.1, -0.05) is 20.8 Å². The summed E-state index contributed by atoms with van der Waals surface area (Å²) in [5, 5.41) is 0. The quantitative estimate of drug-likeness (QED) is 0.846. The van der Waals surface area contributed by atoms with Gasteiger partial charge in [-0.05, 0) is 36.6 Å². The molecular formula is C14H23NO4S2. The molecule has 0 bridgehead atoms. The summed E-state index contributed by atoms with van der Waals surface area (Å²) in [7, 11) is -5.44. The molecule has 0 spiro atoms. The maximum Gasteiger partial charge on any atom is 0.243 e. The zero-order valence-electron chi connectivity index (χ0n) is 13.3. The van der Waals surface area contributed by atoms with E-state index >= 15 is 0 Å². The van der Waals surface area contributed by atoms with E-state index in [-0.39, 0.29) is 21.2 Å². The normalized spacial score (nSPS) is 15.2. The van der Waals surface area contributed by atoms with Gasteiger partial charge in [0.25, 0.3) is 0 Å². The van der Waals surface area contributed by atoms with E-state index in [9.17, 15) is 16.8 Å². The van der Waals surface area contributed by atoms with Crippen molar-refractivity contribution >= 4 is 19.9 Å². The molecule has 0 heterocycles. The lowest BCUT2D eigenvalue weighted by Gasteiger charge is -2.34. The van der Waals surface area contributed by atoms with Crippen LogP contribution in [0.3, 0.4) is 0 Å². The van der Waals surface area contributed by atoms with Crippen molar-refractivity contribution in [1.82, 2.24) is 4.31 Å². The Kier molecular flexibility index (Phi) is 4.92. The first-order chi connectivity index (χ1) is 9.28. The van der Waals surface area contributed by atoms with Gasteiger partial charge in [0.2, 0.25) is 10.0 Å². The molecular weight excluding hydrogens is 310 g/mol. The molecule has 1 aromatic rings. The van der Waals surface area contributed by atoms with Crippen LogP contribution in [-0.4, -0.2) is 40.5 Å². The summed E-state index contributed by atoms with van der Waals surface area (Å²) in [5.74, 6) is 0. The Bertz CT molecular complexity index is 698. The minimum absolute atomic E-state index is 0.0912. The van der Waals surface area contributed by atoms with Crippen LogP contribution in [0, 0.1) is 5.41 Å². The lowest BCUT2D eigenvalue weighted by Crippen LogP contribution is -2.42. The average molecular weight is 333 g/mol. The first kappa shape index (κ1) is 18.1. The van der Waals surface area contributed by atoms with E-state index in [2.05, 4.69) is 0 Å². The Morgan fingerprint density at radius 3 is 1.67 bits per heavy atom. The predicted octanol–water partition coefficient (Wildman–Crippen LogP) is 2.15. The molecule has 1 unspecified atom stereocenters. The standard InChI is InChI=1S/C14H23NO4S2/c1-11(14(2,3)4)15(5)21(18,19)13-9-7-12(8-10-13)20(6,16)17/h7-11H,1-6H3. The largest absolute Gasteiger partial charge is 0.243 e. The first-order valence-electron chi connectivity index (χ1n) is 6.56. The van der Waals surface area contributed by atoms with Gasteiger partial charge in [0.05, 0.1) is 9.79 Å². The minimum Gasteiger partial charge on any atom is -0.224 e. The Balaban J connectivity index is 3.20. The molecule has 0 aliphatic heterocycles. The smallest absolute Gasteiger partial charge is 0.224 e. The van der Waals surface area contributed by atoms with Crippen molar-refractivity contribution in [2.75, 3.05) is 13.3 Å². The van der Waals surface area contributed by atoms with Gasteiger partial charge in [-0.3, -0.25) is 0 Å². The van der Waals surface area contributed by atoms with Gasteiger partial charge in [0.1, 0.15) is 0 Å². The second-order valence-electron chi connectivity index (χ2n) is 6.31. The van der Waals surface area contributed by atoms with E-state index in [4.69, 9.17) is 0 Å². The summed E-state index contributed by atoms with van der Waals surface area (Å²) in [6.45, 7) is 7.76. The summed E-state index contributed by atoms with van der Waals surface area (Å²) in [6.07, 6.45) is 1.09. The molecule has 0 saturated carbocycles. The molecule has 21 heavy (non-hydrogen) atoms. The fourth-order valence-electron chi connectivity index (χ4n) is 1.78. The molecule has 0 saturated heterocycles. The van der Waals surface area contributed by atoms with Crippen LogP contribution in [0.2, 0.25) is 0 Å². The van der Waals surface area contributed by atoms with Crippen LogP contribution in [0.1, 0.15) is 27.7 Å². The van der Waals surface area contributed by atoms with E-state index in [0.717, 1.165) is 6.26 Å². The fourth-order valence-corrected chi connectivity index (χ4v) is 3.95. The van der Waals surface area contributed by atoms with Gasteiger partial charge in [-0.2, -0.15) is 4.31 Å². The number of rotatable bonds is 4. The van der Waals surface area contributed by atoms with Crippen molar-refractivity contribution in [2.45, 2.75) is 43.5 Å². The van der Waals surface area contributed by atoms with Crippen LogP contribution in [0.25, 0.3) is 0 Å². The SMILES string of the molecule is CC(N(C)S(=O)(=O)c1ccc(S(C)(=O)=O)cc1)C(C)(C)C. The highest BCUT2D eigenvalue weighted by atomic mass is 32.2. The van der Waals surface area contributed by atoms with Crippen LogP contribution in [0.5, 0.6) is 0 Å². The number of benzene rings is 1. The summed E-state index contributed by atoms with van der Waals surface area (Å²) in [6, 6.07) is 5.10. The maximum absolute atomic E-state index is 12.6. The first-order valence-corrected chi connectivity index (χ1v) is 9.89. The average Bonchev–Trinajstić information content (AvgIpc) is 2.35. The molecule has 5 nitrogen and oxygen atoms in total. The van der Waals surface area contributed by atoms with Crippen molar-refractivity contribution in [3.8, 4) is 0 Å². The fraction of sp³-hybridized carbons (Fsp3) is 0.571. The third-order valence-electron chi connectivity index (χ3n) is 3.73. The lowest BCUT2D eigenvalue weighted by atomic mass is 9.88. The Morgan fingerprint density at radius 1 is 0.952 bits per heavy atom. The molecule has 0 radical (unpaired) electrons. The Labute approximate surface area is 127 Å². The number of hydrogen-bond acceptors (Lipinski definition) is 4. The molecule has 0 fully saturated rings. The highest BCUT2D eigenvalue weighted by Gasteiger charge is 2.32. The van der Waals surface area contributed by atoms with Crippen LogP contribution >= 0.6 is 0 Å². The topological polar surface area (TPSA) is 71.5 Å². The summed E-state index contributed by atoms with van der Waals surface area (Å²) >= 11 is 0. The van der Waals surface area contributed by atoms with Crippen molar-refractivity contribution < 1.29 is 16.8 Å². The summed E-state index contributed by atoms with van der Waals surface area (Å²) in [5.41, 5.74) is -0.200. The van der Waals surface area contributed by atoms with E-state index in [1.807, 2.05) is 27.7 Å². The summed E-state index contributed by atoms with van der Waals surface area (Å²) in [4.78, 5) is 0.196. The van der Waals surface area contributed by atoms with Crippen molar-refractivity contribution in [3.05, 3.63) is 24.3 Å². The number of nitrogens with zero attached hydrogens (tertiary/aromatic N) is 1. The van der Waals surface area contributed by atoms with Gasteiger partial charge >= 0.3 is 0 Å². The lowest BCUT2D eigenvalue weighted by molar-refractivity contribution is 0.216. The Hall–Kier alpha value is -0.920. The highest BCUT2D eigenvalue weighted by molar-refractivity contribution is 7.90. The number of hydrogen-bond donors (Lipinski definition) is 0. The van der Waals surface area contributed by atoms with Gasteiger partial charge in [0.15, 0.2) is 9.84 Å². The molecule has 1 rings (SSSR count). The third-order valence-corrected chi connectivity index (χ3v) is 6.80. The molecule has 0 amide bonds. The van der Waals surface area contributed by atoms with Gasteiger partial charge in [-0.15, -0.1) is 0 Å². The Morgan fingerprint density at radius 2 is 1.33 bits per heavy atom. The van der Waals surface area contributed by atoms with E-state index in [1.54, 1.807) is 0 Å². The molecule has 120 valence electrons. The van der Waals surface area contributed by atoms with Crippen LogP contribution in [0.15, 0.2) is 34.1 Å². The van der Waals surface area contributed by atoms with Crippen LogP contribution in [-0.2, 0) is 19.9 Å². The second-order valence-corrected chi connectivity index (χ2v) is 10.3. The van der Waals surface area contributed by atoms with Crippen LogP contribution < -0.4 is 0 Å². The van der Waals surface area contributed by atoms with E-state index < -0.39 is 19.9 Å². The van der Waals surface area contributed by atoms with E-state index in [0.29, 0.717) is 0 Å². The molecule has 0 aromatic heterocycles. The van der Waals surface area contributed by atoms with Crippen molar-refractivity contribution in [1.29, 1.82) is 0 Å². The molecule has 1 aromatic carbocycles. The van der Waals surface area contributed by atoms with Crippen molar-refractivity contribution in [3.63, 3.8) is 0 Å². The van der Waals surface area contributed by atoms with Gasteiger partial charge in [0, 0.05) is 19.3 Å². The third kappa shape index (κ3) is 4.05. The summed E-state index contributed by atoms with van der Waals surface area (Å²) < 4.78 is 49.3. The monoisotopic (exact) mass is 333 g/mol. The molecule has 1 atom stereocenters. The number of sulfonamides is 1.